The molecule has 0 radical (unpaired) electrons. The van der Waals surface area contributed by atoms with Crippen molar-refractivity contribution in [2.45, 2.75) is 46.0 Å². The normalized spacial score (nSPS) is 28.8. The minimum absolute atomic E-state index is 0.00889. The summed E-state index contributed by atoms with van der Waals surface area (Å²) in [5.41, 5.74) is 1.19. The molecule has 0 bridgehead atoms. The minimum atomic E-state index is -0.384. The zero-order valence-corrected chi connectivity index (χ0v) is 11.1. The molecule has 1 aromatic rings. The lowest BCUT2D eigenvalue weighted by Gasteiger charge is -2.54. The molecule has 1 N–H and O–H groups in total. The van der Waals surface area contributed by atoms with Gasteiger partial charge in [0.15, 0.2) is 0 Å². The highest BCUT2D eigenvalue weighted by molar-refractivity contribution is 5.23. The molecule has 0 aromatic heterocycles. The maximum atomic E-state index is 10.1. The van der Waals surface area contributed by atoms with Gasteiger partial charge in [-0.15, -0.1) is 0 Å². The van der Waals surface area contributed by atoms with E-state index in [9.17, 15) is 5.11 Å². The summed E-state index contributed by atoms with van der Waals surface area (Å²) in [5.74, 6) is 0.232. The van der Waals surface area contributed by atoms with E-state index in [0.29, 0.717) is 0 Å². The van der Waals surface area contributed by atoms with Crippen molar-refractivity contribution in [2.75, 3.05) is 0 Å². The van der Waals surface area contributed by atoms with Crippen molar-refractivity contribution in [3.63, 3.8) is 0 Å². The summed E-state index contributed by atoms with van der Waals surface area (Å²) >= 11 is 0. The Labute approximate surface area is 104 Å². The number of benzene rings is 1. The second kappa shape index (κ2) is 4.43. The number of aliphatic hydroxyl groups excluding tert-OH is 1. The monoisotopic (exact) mass is 234 g/mol. The summed E-state index contributed by atoms with van der Waals surface area (Å²) in [6.07, 6.45) is -0.347. The highest BCUT2D eigenvalue weighted by Gasteiger charge is 2.53. The molecule has 2 rings (SSSR count). The summed E-state index contributed by atoms with van der Waals surface area (Å²) in [7, 11) is 0. The van der Waals surface area contributed by atoms with Crippen LogP contribution in [0.2, 0.25) is 0 Å². The van der Waals surface area contributed by atoms with Gasteiger partial charge in [0.2, 0.25) is 0 Å². The fourth-order valence-electron chi connectivity index (χ4n) is 2.58. The van der Waals surface area contributed by atoms with E-state index >= 15 is 0 Å². The molecule has 1 aromatic carbocycles. The molecule has 3 atom stereocenters. The molecule has 0 aliphatic carbocycles. The number of aliphatic hydroxyl groups is 1. The molecule has 17 heavy (non-hydrogen) atoms. The molecule has 1 fully saturated rings. The summed E-state index contributed by atoms with van der Waals surface area (Å²) in [5, 5.41) is 10.1. The topological polar surface area (TPSA) is 29.5 Å². The minimum Gasteiger partial charge on any atom is -0.390 e. The highest BCUT2D eigenvalue weighted by atomic mass is 16.5. The largest absolute Gasteiger partial charge is 0.390 e. The zero-order chi connectivity index (χ0) is 12.6. The van der Waals surface area contributed by atoms with E-state index < -0.39 is 0 Å². The summed E-state index contributed by atoms with van der Waals surface area (Å²) in [6.45, 7) is 8.40. The standard InChI is InChI=1S/C15H22O2/c1-10(2)12(16)14-15(3,4)13(17-14)11-8-6-5-7-9-11/h5-10,12-14,16H,1-4H3/t12-,13-,14+/m1/s1. The van der Waals surface area contributed by atoms with Crippen LogP contribution in [0, 0.1) is 11.3 Å². The predicted molar refractivity (Wildman–Crippen MR) is 68.7 cm³/mol. The summed E-state index contributed by atoms with van der Waals surface area (Å²) in [6, 6.07) is 10.2. The summed E-state index contributed by atoms with van der Waals surface area (Å²) in [4.78, 5) is 0. The SMILES string of the molecule is CC(C)[C@@H](O)[C@@H]1O[C@H](c2ccccc2)C1(C)C. The van der Waals surface area contributed by atoms with Crippen LogP contribution in [0.1, 0.15) is 39.4 Å². The van der Waals surface area contributed by atoms with Crippen LogP contribution in [-0.2, 0) is 4.74 Å². The van der Waals surface area contributed by atoms with Gasteiger partial charge in [-0.3, -0.25) is 0 Å². The van der Waals surface area contributed by atoms with E-state index in [1.165, 1.54) is 5.56 Å². The molecule has 1 aliphatic heterocycles. The van der Waals surface area contributed by atoms with Gasteiger partial charge >= 0.3 is 0 Å². The van der Waals surface area contributed by atoms with E-state index in [4.69, 9.17) is 4.74 Å². The van der Waals surface area contributed by atoms with Crippen molar-refractivity contribution in [2.24, 2.45) is 11.3 Å². The molecule has 94 valence electrons. The van der Waals surface area contributed by atoms with Crippen LogP contribution in [0.15, 0.2) is 30.3 Å². The van der Waals surface area contributed by atoms with Crippen LogP contribution >= 0.6 is 0 Å². The molecule has 2 heteroatoms. The molecule has 1 saturated heterocycles. The van der Waals surface area contributed by atoms with Crippen molar-refractivity contribution in [3.8, 4) is 0 Å². The van der Waals surface area contributed by atoms with E-state index in [0.717, 1.165) is 0 Å². The second-order valence-electron chi connectivity index (χ2n) is 5.90. The summed E-state index contributed by atoms with van der Waals surface area (Å²) < 4.78 is 5.91. The van der Waals surface area contributed by atoms with Crippen LogP contribution in [0.25, 0.3) is 0 Å². The molecule has 0 unspecified atom stereocenters. The quantitative estimate of drug-likeness (QED) is 0.870. The van der Waals surface area contributed by atoms with E-state index in [2.05, 4.69) is 26.0 Å². The number of rotatable bonds is 3. The first-order chi connectivity index (χ1) is 7.94. The average Bonchev–Trinajstić information content (AvgIpc) is 2.29. The molecular formula is C15H22O2. The number of ether oxygens (including phenoxy) is 1. The lowest BCUT2D eigenvalue weighted by Crippen LogP contribution is -2.57. The molecule has 0 amide bonds. The Balaban J connectivity index is 2.13. The van der Waals surface area contributed by atoms with Crippen LogP contribution in [0.5, 0.6) is 0 Å². The number of hydrogen-bond acceptors (Lipinski definition) is 2. The Morgan fingerprint density at radius 2 is 1.76 bits per heavy atom. The molecule has 0 spiro atoms. The van der Waals surface area contributed by atoms with Crippen molar-refractivity contribution in [3.05, 3.63) is 35.9 Å². The third-order valence-corrected chi connectivity index (χ3v) is 3.79. The van der Waals surface area contributed by atoms with Gasteiger partial charge in [0.05, 0.1) is 18.3 Å². The van der Waals surface area contributed by atoms with Gasteiger partial charge in [0, 0.05) is 5.41 Å². The highest BCUT2D eigenvalue weighted by Crippen LogP contribution is 2.52. The molecule has 1 aliphatic rings. The fourth-order valence-corrected chi connectivity index (χ4v) is 2.58. The van der Waals surface area contributed by atoms with Gasteiger partial charge < -0.3 is 9.84 Å². The van der Waals surface area contributed by atoms with Crippen LogP contribution < -0.4 is 0 Å². The molecule has 1 heterocycles. The van der Waals surface area contributed by atoms with Crippen molar-refractivity contribution < 1.29 is 9.84 Å². The van der Waals surface area contributed by atoms with Gasteiger partial charge in [-0.2, -0.15) is 0 Å². The first kappa shape index (κ1) is 12.6. The van der Waals surface area contributed by atoms with E-state index in [1.807, 2.05) is 32.0 Å². The van der Waals surface area contributed by atoms with Gasteiger partial charge in [0.25, 0.3) is 0 Å². The Morgan fingerprint density at radius 3 is 2.24 bits per heavy atom. The third-order valence-electron chi connectivity index (χ3n) is 3.79. The van der Waals surface area contributed by atoms with Gasteiger partial charge in [-0.1, -0.05) is 58.0 Å². The van der Waals surface area contributed by atoms with Crippen molar-refractivity contribution in [1.82, 2.24) is 0 Å². The first-order valence-electron chi connectivity index (χ1n) is 6.33. The van der Waals surface area contributed by atoms with Gasteiger partial charge in [-0.25, -0.2) is 0 Å². The maximum absolute atomic E-state index is 10.1. The van der Waals surface area contributed by atoms with E-state index in [-0.39, 0.29) is 29.6 Å². The lowest BCUT2D eigenvalue weighted by atomic mass is 9.69. The predicted octanol–water partition coefficient (Wildman–Crippen LogP) is 3.17. The Hall–Kier alpha value is -0.860. The second-order valence-corrected chi connectivity index (χ2v) is 5.90. The number of hydrogen-bond donors (Lipinski definition) is 1. The van der Waals surface area contributed by atoms with Gasteiger partial charge in [0.1, 0.15) is 0 Å². The Morgan fingerprint density at radius 1 is 1.18 bits per heavy atom. The molecule has 0 saturated carbocycles. The lowest BCUT2D eigenvalue weighted by molar-refractivity contribution is -0.277. The first-order valence-corrected chi connectivity index (χ1v) is 6.33. The van der Waals surface area contributed by atoms with Crippen molar-refractivity contribution >= 4 is 0 Å². The fraction of sp³-hybridized carbons (Fsp3) is 0.600. The van der Waals surface area contributed by atoms with E-state index in [1.54, 1.807) is 0 Å². The Bertz CT molecular complexity index is 370. The third kappa shape index (κ3) is 2.12. The zero-order valence-electron chi connectivity index (χ0n) is 11.1. The Kier molecular flexibility index (Phi) is 3.28. The smallest absolute Gasteiger partial charge is 0.0923 e. The van der Waals surface area contributed by atoms with Gasteiger partial charge in [-0.05, 0) is 11.5 Å². The van der Waals surface area contributed by atoms with Crippen LogP contribution in [-0.4, -0.2) is 17.3 Å². The molecule has 2 nitrogen and oxygen atoms in total. The maximum Gasteiger partial charge on any atom is 0.0923 e. The van der Waals surface area contributed by atoms with Crippen LogP contribution in [0.4, 0.5) is 0 Å². The average molecular weight is 234 g/mol. The molecular weight excluding hydrogens is 212 g/mol. The van der Waals surface area contributed by atoms with Crippen LogP contribution in [0.3, 0.4) is 0 Å². The van der Waals surface area contributed by atoms with Crippen molar-refractivity contribution in [1.29, 1.82) is 0 Å².